The molecular weight excluding hydrogens is 570 g/mol. The number of nitrogens with zero attached hydrogens (tertiary/aromatic N) is 2. The Morgan fingerprint density at radius 3 is 2.26 bits per heavy atom. The number of rotatable bonds is 10. The van der Waals surface area contributed by atoms with Gasteiger partial charge in [-0.3, -0.25) is 14.4 Å². The minimum Gasteiger partial charge on any atom is -0.354 e. The lowest BCUT2D eigenvalue weighted by Gasteiger charge is -2.32. The Hall–Kier alpha value is -3.50. The number of carbonyl (C=O) groups is 3. The molecule has 4 rings (SSSR count). The van der Waals surface area contributed by atoms with Gasteiger partial charge in [-0.15, -0.1) is 0 Å². The number of amides is 3. The molecule has 0 spiro atoms. The van der Waals surface area contributed by atoms with Crippen LogP contribution in [0.25, 0.3) is 0 Å². The molecule has 0 fully saturated rings. The van der Waals surface area contributed by atoms with E-state index in [1.54, 1.807) is 6.07 Å². The van der Waals surface area contributed by atoms with Crippen molar-refractivity contribution in [2.24, 2.45) is 0 Å². The van der Waals surface area contributed by atoms with Crippen LogP contribution in [0.1, 0.15) is 34.8 Å². The molecule has 1 heterocycles. The third-order valence-corrected chi connectivity index (χ3v) is 8.59. The van der Waals surface area contributed by atoms with Crippen molar-refractivity contribution in [3.8, 4) is 0 Å². The minimum atomic E-state index is -4.19. The number of sulfonamides is 1. The topological polar surface area (TPSA) is 104 Å². The van der Waals surface area contributed by atoms with E-state index in [4.69, 9.17) is 0 Å². The lowest BCUT2D eigenvalue weighted by molar-refractivity contribution is -0.141. The smallest absolute Gasteiger partial charge is 0.269 e. The Bertz CT molecular complexity index is 1430. The zero-order valence-corrected chi connectivity index (χ0v) is 23.2. The number of hydrogen-bond donors (Lipinski definition) is 1. The summed E-state index contributed by atoms with van der Waals surface area (Å²) in [5.74, 6) is -1.75. The van der Waals surface area contributed by atoms with E-state index >= 15 is 0 Å². The van der Waals surface area contributed by atoms with Gasteiger partial charge in [-0.05, 0) is 41.8 Å². The molecule has 0 saturated heterocycles. The fourth-order valence-electron chi connectivity index (χ4n) is 4.31. The van der Waals surface area contributed by atoms with E-state index in [0.717, 1.165) is 15.6 Å². The summed E-state index contributed by atoms with van der Waals surface area (Å²) in [6.45, 7) is 1.70. The van der Waals surface area contributed by atoms with Gasteiger partial charge >= 0.3 is 0 Å². The first-order valence-electron chi connectivity index (χ1n) is 12.2. The average Bonchev–Trinajstić information content (AvgIpc) is 3.11. The molecule has 0 saturated carbocycles. The van der Waals surface area contributed by atoms with Crippen LogP contribution in [0, 0.1) is 0 Å². The lowest BCUT2D eigenvalue weighted by Crippen LogP contribution is -2.53. The third kappa shape index (κ3) is 5.97. The molecule has 0 unspecified atom stereocenters. The van der Waals surface area contributed by atoms with Crippen LogP contribution >= 0.6 is 15.9 Å². The SMILES string of the molecule is CCCNC(=O)[C@H](Cc1ccccc1)N(Cc1ccc(Br)cc1)C(=O)CN1C(=O)c2ccccc2S1(=O)=O. The number of benzene rings is 3. The highest BCUT2D eigenvalue weighted by Crippen LogP contribution is 2.30. The maximum absolute atomic E-state index is 13.8. The molecular formula is C28H28BrN3O5S. The predicted molar refractivity (Wildman–Crippen MR) is 147 cm³/mol. The molecule has 1 atom stereocenters. The Labute approximate surface area is 230 Å². The Morgan fingerprint density at radius 2 is 1.61 bits per heavy atom. The first-order valence-corrected chi connectivity index (χ1v) is 14.5. The Balaban J connectivity index is 1.70. The molecule has 1 N–H and O–H groups in total. The molecule has 3 aromatic carbocycles. The van der Waals surface area contributed by atoms with Crippen LogP contribution in [0.3, 0.4) is 0 Å². The normalized spacial score (nSPS) is 14.6. The second kappa shape index (κ2) is 11.9. The van der Waals surface area contributed by atoms with Gasteiger partial charge in [0.1, 0.15) is 17.5 Å². The van der Waals surface area contributed by atoms with E-state index in [2.05, 4.69) is 21.2 Å². The van der Waals surface area contributed by atoms with Crippen molar-refractivity contribution in [2.45, 2.75) is 37.2 Å². The molecule has 0 aliphatic carbocycles. The number of nitrogens with one attached hydrogen (secondary N) is 1. The van der Waals surface area contributed by atoms with Gasteiger partial charge in [-0.1, -0.05) is 77.5 Å². The Morgan fingerprint density at radius 1 is 0.947 bits per heavy atom. The van der Waals surface area contributed by atoms with Crippen molar-refractivity contribution < 1.29 is 22.8 Å². The summed E-state index contributed by atoms with van der Waals surface area (Å²) in [5, 5.41) is 2.88. The van der Waals surface area contributed by atoms with Gasteiger partial charge in [0.2, 0.25) is 11.8 Å². The number of halogens is 1. The quantitative estimate of drug-likeness (QED) is 0.383. The van der Waals surface area contributed by atoms with E-state index in [-0.39, 0.29) is 29.3 Å². The summed E-state index contributed by atoms with van der Waals surface area (Å²) in [5.41, 5.74) is 1.62. The highest BCUT2D eigenvalue weighted by atomic mass is 79.9. The number of carbonyl (C=O) groups excluding carboxylic acids is 3. The van der Waals surface area contributed by atoms with Crippen molar-refractivity contribution in [3.05, 3.63) is 100 Å². The molecule has 0 radical (unpaired) electrons. The molecule has 1 aliphatic heterocycles. The van der Waals surface area contributed by atoms with Crippen LogP contribution in [0.5, 0.6) is 0 Å². The number of hydrogen-bond acceptors (Lipinski definition) is 5. The van der Waals surface area contributed by atoms with Crippen LogP contribution < -0.4 is 5.32 Å². The summed E-state index contributed by atoms with van der Waals surface area (Å²) in [4.78, 5) is 41.5. The highest BCUT2D eigenvalue weighted by molar-refractivity contribution is 9.10. The van der Waals surface area contributed by atoms with Crippen molar-refractivity contribution in [3.63, 3.8) is 0 Å². The molecule has 0 aromatic heterocycles. The van der Waals surface area contributed by atoms with Crippen LogP contribution in [0.4, 0.5) is 0 Å². The zero-order valence-electron chi connectivity index (χ0n) is 20.8. The fourth-order valence-corrected chi connectivity index (χ4v) is 6.09. The van der Waals surface area contributed by atoms with Gasteiger partial charge in [0.05, 0.1) is 5.56 Å². The van der Waals surface area contributed by atoms with Crippen LogP contribution in [-0.2, 0) is 32.6 Å². The average molecular weight is 599 g/mol. The molecule has 3 amide bonds. The van der Waals surface area contributed by atoms with Gasteiger partial charge in [0.25, 0.3) is 15.9 Å². The molecule has 1 aliphatic rings. The molecule has 3 aromatic rings. The largest absolute Gasteiger partial charge is 0.354 e. The molecule has 8 nitrogen and oxygen atoms in total. The zero-order chi connectivity index (χ0) is 27.3. The van der Waals surface area contributed by atoms with E-state index in [1.165, 1.54) is 23.1 Å². The highest BCUT2D eigenvalue weighted by Gasteiger charge is 2.43. The van der Waals surface area contributed by atoms with E-state index < -0.39 is 34.4 Å². The summed E-state index contributed by atoms with van der Waals surface area (Å²) >= 11 is 3.40. The first kappa shape index (κ1) is 27.5. The van der Waals surface area contributed by atoms with Gasteiger partial charge in [-0.25, -0.2) is 12.7 Å². The van der Waals surface area contributed by atoms with Gasteiger partial charge in [0, 0.05) is 24.0 Å². The monoisotopic (exact) mass is 597 g/mol. The van der Waals surface area contributed by atoms with E-state index in [1.807, 2.05) is 61.5 Å². The summed E-state index contributed by atoms with van der Waals surface area (Å²) in [6, 6.07) is 21.5. The second-order valence-electron chi connectivity index (χ2n) is 8.96. The first-order chi connectivity index (χ1) is 18.2. The second-order valence-corrected chi connectivity index (χ2v) is 11.7. The third-order valence-electron chi connectivity index (χ3n) is 6.28. The van der Waals surface area contributed by atoms with Crippen molar-refractivity contribution in [2.75, 3.05) is 13.1 Å². The lowest BCUT2D eigenvalue weighted by atomic mass is 10.0. The molecule has 10 heteroatoms. The Kier molecular flexibility index (Phi) is 8.63. The minimum absolute atomic E-state index is 0.0290. The maximum atomic E-state index is 13.8. The van der Waals surface area contributed by atoms with E-state index in [0.29, 0.717) is 17.3 Å². The van der Waals surface area contributed by atoms with Gasteiger partial charge < -0.3 is 10.2 Å². The van der Waals surface area contributed by atoms with Crippen LogP contribution in [0.2, 0.25) is 0 Å². The van der Waals surface area contributed by atoms with Crippen LogP contribution in [0.15, 0.2) is 88.2 Å². The van der Waals surface area contributed by atoms with Crippen molar-refractivity contribution >= 4 is 43.7 Å². The standard InChI is InChI=1S/C28H28BrN3O5S/c1-2-16-30-27(34)24(17-20-8-4-3-5-9-20)31(18-21-12-14-22(29)15-13-21)26(33)19-32-28(35)23-10-6-7-11-25(23)38(32,36)37/h3-15,24H,2,16-19H2,1H3,(H,30,34)/t24-/m0/s1. The van der Waals surface area contributed by atoms with Gasteiger partial charge in [-0.2, -0.15) is 0 Å². The maximum Gasteiger partial charge on any atom is 0.269 e. The summed E-state index contributed by atoms with van der Waals surface area (Å²) in [7, 11) is -4.19. The van der Waals surface area contributed by atoms with Crippen LogP contribution in [-0.4, -0.2) is 54.5 Å². The molecule has 38 heavy (non-hydrogen) atoms. The molecule has 0 bridgehead atoms. The van der Waals surface area contributed by atoms with E-state index in [9.17, 15) is 22.8 Å². The molecule has 198 valence electrons. The summed E-state index contributed by atoms with van der Waals surface area (Å²) in [6.07, 6.45) is 0.933. The number of fused-ring (bicyclic) bond motifs is 1. The predicted octanol–water partition coefficient (Wildman–Crippen LogP) is 3.76. The van der Waals surface area contributed by atoms with Crippen molar-refractivity contribution in [1.82, 2.24) is 14.5 Å². The van der Waals surface area contributed by atoms with Crippen molar-refractivity contribution in [1.29, 1.82) is 0 Å². The van der Waals surface area contributed by atoms with Gasteiger partial charge in [0.15, 0.2) is 0 Å². The summed E-state index contributed by atoms with van der Waals surface area (Å²) < 4.78 is 27.7. The fraction of sp³-hybridized carbons (Fsp3) is 0.250.